The van der Waals surface area contributed by atoms with Gasteiger partial charge in [0.25, 0.3) is 0 Å². The molecule has 0 fully saturated rings. The molecule has 122 valence electrons. The van der Waals surface area contributed by atoms with E-state index in [2.05, 4.69) is 64.9 Å². The quantitative estimate of drug-likeness (QED) is 0.727. The summed E-state index contributed by atoms with van der Waals surface area (Å²) in [7, 11) is 2.01. The van der Waals surface area contributed by atoms with Crippen molar-refractivity contribution in [2.75, 3.05) is 13.6 Å². The van der Waals surface area contributed by atoms with Gasteiger partial charge in [0.1, 0.15) is 0 Å². The lowest BCUT2D eigenvalue weighted by molar-refractivity contribution is 0.626. The first-order valence-corrected chi connectivity index (χ1v) is 7.40. The minimum atomic E-state index is 0. The molecule has 1 unspecified atom stereocenters. The van der Waals surface area contributed by atoms with Crippen molar-refractivity contribution >= 4 is 35.7 Å². The van der Waals surface area contributed by atoms with Gasteiger partial charge in [0, 0.05) is 24.0 Å². The molecule has 3 rings (SSSR count). The largest absolute Gasteiger partial charge is 0.319 e. The molecule has 0 amide bonds. The Hall–Kier alpha value is -1.61. The molecule has 3 aromatic rings. The molecular formula is C19H22Cl2N2. The fourth-order valence-corrected chi connectivity index (χ4v) is 2.80. The van der Waals surface area contributed by atoms with E-state index in [4.69, 9.17) is 0 Å². The summed E-state index contributed by atoms with van der Waals surface area (Å²) in [5, 5.41) is 4.53. The monoisotopic (exact) mass is 348 g/mol. The van der Waals surface area contributed by atoms with Crippen molar-refractivity contribution in [3.8, 4) is 0 Å². The van der Waals surface area contributed by atoms with Crippen LogP contribution in [0.25, 0.3) is 10.9 Å². The molecule has 0 aliphatic rings. The first kappa shape index (κ1) is 19.4. The molecule has 0 spiro atoms. The third-order valence-electron chi connectivity index (χ3n) is 3.87. The highest BCUT2D eigenvalue weighted by atomic mass is 35.5. The normalized spacial score (nSPS) is 11.3. The zero-order valence-electron chi connectivity index (χ0n) is 13.1. The first-order chi connectivity index (χ1) is 10.4. The Kier molecular flexibility index (Phi) is 8.04. The predicted octanol–water partition coefficient (Wildman–Crippen LogP) is 4.62. The van der Waals surface area contributed by atoms with Crippen LogP contribution in [0.4, 0.5) is 0 Å². The van der Waals surface area contributed by atoms with Crippen LogP contribution in [-0.4, -0.2) is 18.6 Å². The summed E-state index contributed by atoms with van der Waals surface area (Å²) < 4.78 is 0. The molecule has 0 radical (unpaired) electrons. The second-order valence-electron chi connectivity index (χ2n) is 5.40. The molecule has 0 bridgehead atoms. The van der Waals surface area contributed by atoms with Crippen LogP contribution >= 0.6 is 24.8 Å². The van der Waals surface area contributed by atoms with E-state index in [1.807, 2.05) is 19.3 Å². The highest BCUT2D eigenvalue weighted by Crippen LogP contribution is 2.23. The summed E-state index contributed by atoms with van der Waals surface area (Å²) in [6, 6.07) is 21.4. The third-order valence-corrected chi connectivity index (χ3v) is 3.87. The van der Waals surface area contributed by atoms with E-state index in [0.29, 0.717) is 5.92 Å². The molecule has 1 N–H and O–H groups in total. The van der Waals surface area contributed by atoms with E-state index < -0.39 is 0 Å². The topological polar surface area (TPSA) is 24.9 Å². The minimum absolute atomic E-state index is 0. The lowest BCUT2D eigenvalue weighted by Crippen LogP contribution is -2.19. The van der Waals surface area contributed by atoms with Crippen molar-refractivity contribution in [2.45, 2.75) is 12.3 Å². The predicted molar refractivity (Wildman–Crippen MR) is 103 cm³/mol. The Morgan fingerprint density at radius 2 is 1.74 bits per heavy atom. The van der Waals surface area contributed by atoms with Crippen LogP contribution in [0.5, 0.6) is 0 Å². The Bertz CT molecular complexity index is 717. The zero-order chi connectivity index (χ0) is 14.5. The SMILES string of the molecule is CNCC(Cc1ccccc1)c1ccc2ncccc2c1.Cl.Cl. The smallest absolute Gasteiger partial charge is 0.0702 e. The molecule has 0 saturated carbocycles. The maximum atomic E-state index is 4.40. The van der Waals surface area contributed by atoms with E-state index in [-0.39, 0.29) is 24.8 Å². The Morgan fingerprint density at radius 3 is 2.48 bits per heavy atom. The number of aromatic nitrogens is 1. The molecule has 0 saturated heterocycles. The van der Waals surface area contributed by atoms with E-state index in [0.717, 1.165) is 18.5 Å². The van der Waals surface area contributed by atoms with Crippen LogP contribution < -0.4 is 5.32 Å². The van der Waals surface area contributed by atoms with Gasteiger partial charge in [0.05, 0.1) is 5.52 Å². The van der Waals surface area contributed by atoms with E-state index >= 15 is 0 Å². The molecule has 2 nitrogen and oxygen atoms in total. The van der Waals surface area contributed by atoms with Crippen LogP contribution in [0.1, 0.15) is 17.0 Å². The van der Waals surface area contributed by atoms with E-state index in [1.165, 1.54) is 16.5 Å². The average Bonchev–Trinajstić information content (AvgIpc) is 2.55. The lowest BCUT2D eigenvalue weighted by Gasteiger charge is -2.18. The van der Waals surface area contributed by atoms with Gasteiger partial charge in [-0.2, -0.15) is 0 Å². The number of rotatable bonds is 5. The fourth-order valence-electron chi connectivity index (χ4n) is 2.80. The van der Waals surface area contributed by atoms with E-state index in [1.54, 1.807) is 0 Å². The van der Waals surface area contributed by atoms with Crippen LogP contribution in [-0.2, 0) is 6.42 Å². The summed E-state index contributed by atoms with van der Waals surface area (Å²) in [5.74, 6) is 0.474. The Labute approximate surface area is 150 Å². The molecule has 1 aromatic heterocycles. The summed E-state index contributed by atoms with van der Waals surface area (Å²) in [5.41, 5.74) is 3.81. The highest BCUT2D eigenvalue weighted by Gasteiger charge is 2.12. The number of likely N-dealkylation sites (N-methyl/N-ethyl adjacent to an activating group) is 1. The summed E-state index contributed by atoms with van der Waals surface area (Å²) in [6.07, 6.45) is 2.89. The number of nitrogens with zero attached hydrogens (tertiary/aromatic N) is 1. The van der Waals surface area contributed by atoms with Crippen LogP contribution in [0.15, 0.2) is 66.9 Å². The number of hydrogen-bond donors (Lipinski definition) is 1. The van der Waals surface area contributed by atoms with Gasteiger partial charge in [-0.15, -0.1) is 24.8 Å². The number of fused-ring (bicyclic) bond motifs is 1. The molecule has 0 aliphatic carbocycles. The van der Waals surface area contributed by atoms with Gasteiger partial charge in [0.15, 0.2) is 0 Å². The second kappa shape index (κ2) is 9.51. The Morgan fingerprint density at radius 1 is 0.957 bits per heavy atom. The van der Waals surface area contributed by atoms with Gasteiger partial charge < -0.3 is 5.32 Å². The summed E-state index contributed by atoms with van der Waals surface area (Å²) in [6.45, 7) is 0.973. The summed E-state index contributed by atoms with van der Waals surface area (Å²) >= 11 is 0. The molecule has 2 aromatic carbocycles. The van der Waals surface area contributed by atoms with Crippen LogP contribution in [0.3, 0.4) is 0 Å². The first-order valence-electron chi connectivity index (χ1n) is 7.40. The Balaban J connectivity index is 0.00000132. The van der Waals surface area contributed by atoms with Gasteiger partial charge in [-0.05, 0) is 42.8 Å². The highest BCUT2D eigenvalue weighted by molar-refractivity contribution is 5.85. The molecule has 0 aliphatic heterocycles. The van der Waals surface area contributed by atoms with Gasteiger partial charge >= 0.3 is 0 Å². The van der Waals surface area contributed by atoms with Gasteiger partial charge in [-0.25, -0.2) is 0 Å². The third kappa shape index (κ3) is 4.93. The van der Waals surface area contributed by atoms with Crippen molar-refractivity contribution in [3.63, 3.8) is 0 Å². The fraction of sp³-hybridized carbons (Fsp3) is 0.211. The molecule has 4 heteroatoms. The molecule has 1 atom stereocenters. The maximum Gasteiger partial charge on any atom is 0.0702 e. The maximum absolute atomic E-state index is 4.40. The number of pyridine rings is 1. The number of hydrogen-bond acceptors (Lipinski definition) is 2. The molecular weight excluding hydrogens is 327 g/mol. The van der Waals surface area contributed by atoms with Gasteiger partial charge in [-0.3, -0.25) is 4.98 Å². The van der Waals surface area contributed by atoms with Crippen molar-refractivity contribution < 1.29 is 0 Å². The van der Waals surface area contributed by atoms with Crippen LogP contribution in [0, 0.1) is 0 Å². The van der Waals surface area contributed by atoms with Crippen molar-refractivity contribution in [3.05, 3.63) is 78.0 Å². The lowest BCUT2D eigenvalue weighted by atomic mass is 9.91. The van der Waals surface area contributed by atoms with Gasteiger partial charge in [-0.1, -0.05) is 42.5 Å². The standard InChI is InChI=1S/C19H20N2.2ClH/c1-20-14-18(12-15-6-3-2-4-7-15)16-9-10-19-17(13-16)8-5-11-21-19;;/h2-11,13,18,20H,12,14H2,1H3;2*1H. The number of benzene rings is 2. The molecule has 23 heavy (non-hydrogen) atoms. The second-order valence-corrected chi connectivity index (χ2v) is 5.40. The van der Waals surface area contributed by atoms with Crippen molar-refractivity contribution in [1.82, 2.24) is 10.3 Å². The zero-order valence-corrected chi connectivity index (χ0v) is 14.7. The molecule has 1 heterocycles. The van der Waals surface area contributed by atoms with Crippen molar-refractivity contribution in [1.29, 1.82) is 0 Å². The van der Waals surface area contributed by atoms with Gasteiger partial charge in [0.2, 0.25) is 0 Å². The van der Waals surface area contributed by atoms with Crippen LogP contribution in [0.2, 0.25) is 0 Å². The van der Waals surface area contributed by atoms with Crippen molar-refractivity contribution in [2.24, 2.45) is 0 Å². The minimum Gasteiger partial charge on any atom is -0.319 e. The number of nitrogens with one attached hydrogen (secondary N) is 1. The average molecular weight is 349 g/mol. The summed E-state index contributed by atoms with van der Waals surface area (Å²) in [4.78, 5) is 4.40. The number of halogens is 2. The van der Waals surface area contributed by atoms with E-state index in [9.17, 15) is 0 Å².